The number of nitrogens with zero attached hydrogens (tertiary/aromatic N) is 7. The molecule has 1 aromatic carbocycles. The average Bonchev–Trinajstić information content (AvgIpc) is 3.57. The summed E-state index contributed by atoms with van der Waals surface area (Å²) in [5, 5.41) is 9.62. The van der Waals surface area contributed by atoms with Gasteiger partial charge in [-0.15, -0.1) is 18.3 Å². The number of allylic oxidation sites excluding steroid dienone is 2. The molecule has 3 N–H and O–H groups in total. The summed E-state index contributed by atoms with van der Waals surface area (Å²) in [6.45, 7) is 12.0. The molecule has 1 aliphatic rings. The first-order chi connectivity index (χ1) is 20.1. The molecule has 1 saturated heterocycles. The maximum atomic E-state index is 13.0. The third-order valence-corrected chi connectivity index (χ3v) is 8.07. The number of H-pyrrole nitrogens is 1. The van der Waals surface area contributed by atoms with Crippen molar-refractivity contribution in [1.29, 1.82) is 0 Å². The molecule has 4 heterocycles. The summed E-state index contributed by atoms with van der Waals surface area (Å²) in [5.41, 5.74) is 1.02. The lowest BCUT2D eigenvalue weighted by atomic mass is 10.2. The number of piperazine rings is 1. The second-order valence-corrected chi connectivity index (χ2v) is 11.4. The summed E-state index contributed by atoms with van der Waals surface area (Å²) < 4.78 is 33.0. The van der Waals surface area contributed by atoms with Crippen LogP contribution in [0.25, 0.3) is 22.7 Å². The van der Waals surface area contributed by atoms with Crippen molar-refractivity contribution < 1.29 is 13.2 Å². The molecule has 15 heteroatoms. The SMILES string of the molecule is C=CCn1c(=O)c2[nH]c(-c3cc(OCCN4CCN(c5ccc(S(N)(=O)=O)cc5)CC4)nn3C)nc2n(CC=C)c1=O. The van der Waals surface area contributed by atoms with Crippen molar-refractivity contribution in [3.8, 4) is 17.4 Å². The Labute approximate surface area is 242 Å². The minimum atomic E-state index is -3.71. The Kier molecular flexibility index (Phi) is 8.15. The Bertz CT molecular complexity index is 1840. The molecule has 3 aromatic heterocycles. The minimum Gasteiger partial charge on any atom is -0.475 e. The zero-order valence-corrected chi connectivity index (χ0v) is 24.1. The van der Waals surface area contributed by atoms with E-state index in [2.05, 4.69) is 38.0 Å². The quantitative estimate of drug-likeness (QED) is 0.235. The molecule has 222 valence electrons. The highest BCUT2D eigenvalue weighted by Gasteiger charge is 2.21. The van der Waals surface area contributed by atoms with E-state index >= 15 is 0 Å². The van der Waals surface area contributed by atoms with Crippen molar-refractivity contribution in [3.05, 3.63) is 76.5 Å². The Hall–Kier alpha value is -4.47. The topological polar surface area (TPSA) is 166 Å². The normalized spacial score (nSPS) is 14.4. The lowest BCUT2D eigenvalue weighted by Crippen LogP contribution is -2.47. The van der Waals surface area contributed by atoms with Gasteiger partial charge in [-0.05, 0) is 24.3 Å². The summed E-state index contributed by atoms with van der Waals surface area (Å²) in [6.07, 6.45) is 3.06. The second-order valence-electron chi connectivity index (χ2n) is 9.88. The fourth-order valence-corrected chi connectivity index (χ4v) is 5.48. The van der Waals surface area contributed by atoms with Crippen LogP contribution in [0.15, 0.2) is 70.1 Å². The van der Waals surface area contributed by atoms with E-state index in [1.807, 2.05) is 0 Å². The van der Waals surface area contributed by atoms with Crippen LogP contribution in [0.3, 0.4) is 0 Å². The Morgan fingerprint density at radius 1 is 1.05 bits per heavy atom. The Morgan fingerprint density at radius 2 is 1.71 bits per heavy atom. The van der Waals surface area contributed by atoms with Gasteiger partial charge in [-0.1, -0.05) is 12.2 Å². The van der Waals surface area contributed by atoms with E-state index in [0.717, 1.165) is 36.4 Å². The molecule has 0 bridgehead atoms. The van der Waals surface area contributed by atoms with Gasteiger partial charge in [-0.25, -0.2) is 23.3 Å². The molecular weight excluding hydrogens is 562 g/mol. The number of benzene rings is 1. The van der Waals surface area contributed by atoms with Gasteiger partial charge in [0, 0.05) is 64.6 Å². The molecule has 0 radical (unpaired) electrons. The van der Waals surface area contributed by atoms with Crippen LogP contribution < -0.4 is 26.0 Å². The highest BCUT2D eigenvalue weighted by molar-refractivity contribution is 7.89. The lowest BCUT2D eigenvalue weighted by molar-refractivity contribution is 0.196. The van der Waals surface area contributed by atoms with Crippen molar-refractivity contribution in [3.63, 3.8) is 0 Å². The van der Waals surface area contributed by atoms with Crippen LogP contribution >= 0.6 is 0 Å². The van der Waals surface area contributed by atoms with Gasteiger partial charge in [0.2, 0.25) is 15.9 Å². The van der Waals surface area contributed by atoms with Crippen molar-refractivity contribution in [1.82, 2.24) is 33.8 Å². The van der Waals surface area contributed by atoms with Crippen LogP contribution in [-0.4, -0.2) is 81.5 Å². The number of nitrogens with one attached hydrogen (secondary N) is 1. The van der Waals surface area contributed by atoms with E-state index in [4.69, 9.17) is 9.88 Å². The molecule has 0 aliphatic carbocycles. The summed E-state index contributed by atoms with van der Waals surface area (Å²) in [4.78, 5) is 38.1. The third kappa shape index (κ3) is 5.79. The van der Waals surface area contributed by atoms with Crippen LogP contribution in [0.4, 0.5) is 5.69 Å². The third-order valence-electron chi connectivity index (χ3n) is 7.14. The van der Waals surface area contributed by atoms with E-state index in [-0.39, 0.29) is 29.1 Å². The number of aromatic amines is 1. The van der Waals surface area contributed by atoms with E-state index < -0.39 is 21.3 Å². The molecule has 5 rings (SSSR count). The molecule has 0 spiro atoms. The number of rotatable bonds is 11. The van der Waals surface area contributed by atoms with Crippen molar-refractivity contribution in [2.24, 2.45) is 12.2 Å². The summed E-state index contributed by atoms with van der Waals surface area (Å²) in [5.74, 6) is 0.794. The number of aromatic nitrogens is 6. The molecule has 1 aliphatic heterocycles. The zero-order chi connectivity index (χ0) is 30.0. The maximum absolute atomic E-state index is 13.0. The number of nitrogens with two attached hydrogens (primary N) is 1. The number of imidazole rings is 1. The number of primary sulfonamides is 1. The van der Waals surface area contributed by atoms with Crippen LogP contribution in [0.2, 0.25) is 0 Å². The summed E-state index contributed by atoms with van der Waals surface area (Å²) in [7, 11) is -1.96. The monoisotopic (exact) mass is 595 g/mol. The summed E-state index contributed by atoms with van der Waals surface area (Å²) in [6, 6.07) is 8.33. The first kappa shape index (κ1) is 29.0. The number of ether oxygens (including phenoxy) is 1. The Morgan fingerprint density at radius 3 is 2.36 bits per heavy atom. The summed E-state index contributed by atoms with van der Waals surface area (Å²) >= 11 is 0. The lowest BCUT2D eigenvalue weighted by Gasteiger charge is -2.36. The highest BCUT2D eigenvalue weighted by atomic mass is 32.2. The van der Waals surface area contributed by atoms with Gasteiger partial charge in [0.25, 0.3) is 5.56 Å². The first-order valence-electron chi connectivity index (χ1n) is 13.3. The molecule has 42 heavy (non-hydrogen) atoms. The molecule has 14 nitrogen and oxygen atoms in total. The fraction of sp³-hybridized carbons (Fsp3) is 0.333. The predicted octanol–water partition coefficient (Wildman–Crippen LogP) is 0.507. The second kappa shape index (κ2) is 11.8. The van der Waals surface area contributed by atoms with E-state index in [9.17, 15) is 18.0 Å². The van der Waals surface area contributed by atoms with Crippen molar-refractivity contribution in [2.45, 2.75) is 18.0 Å². The van der Waals surface area contributed by atoms with Gasteiger partial charge in [0.1, 0.15) is 17.8 Å². The number of anilines is 1. The van der Waals surface area contributed by atoms with Crippen LogP contribution in [0, 0.1) is 0 Å². The fourth-order valence-electron chi connectivity index (χ4n) is 4.96. The predicted molar refractivity (Wildman–Crippen MR) is 159 cm³/mol. The molecule has 1 fully saturated rings. The first-order valence-corrected chi connectivity index (χ1v) is 14.9. The molecule has 4 aromatic rings. The Balaban J connectivity index is 1.22. The van der Waals surface area contributed by atoms with Crippen molar-refractivity contribution in [2.75, 3.05) is 44.2 Å². The number of sulfonamides is 1. The van der Waals surface area contributed by atoms with Gasteiger partial charge in [-0.2, -0.15) is 0 Å². The van der Waals surface area contributed by atoms with Crippen LogP contribution in [0.5, 0.6) is 5.88 Å². The average molecular weight is 596 g/mol. The van der Waals surface area contributed by atoms with E-state index in [0.29, 0.717) is 30.5 Å². The molecule has 0 saturated carbocycles. The number of aryl methyl sites for hydroxylation is 1. The molecule has 0 amide bonds. The zero-order valence-electron chi connectivity index (χ0n) is 23.3. The minimum absolute atomic E-state index is 0.0756. The standard InChI is InChI=1S/C27H33N9O5S/c1-4-10-35-25-23(26(37)36(11-5-2)27(35)38)29-24(30-25)21-18-22(31-32(21)3)41-17-16-33-12-14-34(15-13-33)19-6-8-20(9-7-19)42(28,39)40/h4-9,18H,1-2,10-17H2,3H3,(H,29,30)(H2,28,39,40). The van der Waals surface area contributed by atoms with Crippen LogP contribution in [0.1, 0.15) is 0 Å². The number of hydrogen-bond acceptors (Lipinski definition) is 9. The highest BCUT2D eigenvalue weighted by Crippen LogP contribution is 2.23. The molecular formula is C27H33N9O5S. The van der Waals surface area contributed by atoms with Gasteiger partial charge >= 0.3 is 5.69 Å². The van der Waals surface area contributed by atoms with Gasteiger partial charge in [-0.3, -0.25) is 23.5 Å². The van der Waals surface area contributed by atoms with Gasteiger partial charge < -0.3 is 14.6 Å². The van der Waals surface area contributed by atoms with Crippen molar-refractivity contribution >= 4 is 26.9 Å². The smallest absolute Gasteiger partial charge is 0.333 e. The number of hydrogen-bond donors (Lipinski definition) is 2. The maximum Gasteiger partial charge on any atom is 0.333 e. The molecule has 0 unspecified atom stereocenters. The van der Waals surface area contributed by atoms with Crippen LogP contribution in [-0.2, 0) is 30.2 Å². The van der Waals surface area contributed by atoms with E-state index in [1.54, 1.807) is 36.0 Å². The largest absolute Gasteiger partial charge is 0.475 e. The van der Waals surface area contributed by atoms with Gasteiger partial charge in [0.15, 0.2) is 11.5 Å². The van der Waals surface area contributed by atoms with Gasteiger partial charge in [0.05, 0.1) is 4.90 Å². The molecule has 0 atom stereocenters. The number of fused-ring (bicyclic) bond motifs is 1. The van der Waals surface area contributed by atoms with E-state index in [1.165, 1.54) is 22.8 Å².